The largest absolute Gasteiger partial charge is 0.480 e. The van der Waals surface area contributed by atoms with Crippen LogP contribution in [0.15, 0.2) is 78.9 Å². The molecule has 0 aliphatic heterocycles. The Kier molecular flexibility index (Phi) is 7.65. The van der Waals surface area contributed by atoms with E-state index in [9.17, 15) is 19.5 Å². The number of aromatic amines is 1. The van der Waals surface area contributed by atoms with Crippen LogP contribution in [-0.2, 0) is 22.6 Å². The highest BCUT2D eigenvalue weighted by molar-refractivity contribution is 6.03. The molecule has 1 heterocycles. The summed E-state index contributed by atoms with van der Waals surface area (Å²) in [7, 11) is 0. The van der Waals surface area contributed by atoms with E-state index >= 15 is 0 Å². The summed E-state index contributed by atoms with van der Waals surface area (Å²) < 4.78 is 5.08. The molecule has 0 aliphatic carbocycles. The summed E-state index contributed by atoms with van der Waals surface area (Å²) in [4.78, 5) is 39.6. The lowest BCUT2D eigenvalue weighted by Crippen LogP contribution is -2.48. The first-order chi connectivity index (χ1) is 17.5. The number of hydrogen-bond donors (Lipinski definition) is 4. The van der Waals surface area contributed by atoms with Gasteiger partial charge < -0.3 is 25.5 Å². The van der Waals surface area contributed by atoms with E-state index in [-0.39, 0.29) is 13.2 Å². The van der Waals surface area contributed by atoms with Crippen LogP contribution in [0.5, 0.6) is 0 Å². The fourth-order valence-corrected chi connectivity index (χ4v) is 4.00. The topological polar surface area (TPSA) is 121 Å². The predicted molar refractivity (Wildman–Crippen MR) is 137 cm³/mol. The molecule has 184 valence electrons. The van der Waals surface area contributed by atoms with Crippen molar-refractivity contribution in [3.63, 3.8) is 0 Å². The number of aromatic nitrogens is 1. The highest BCUT2D eigenvalue weighted by atomic mass is 16.5. The van der Waals surface area contributed by atoms with Gasteiger partial charge in [-0.1, -0.05) is 73.7 Å². The van der Waals surface area contributed by atoms with Gasteiger partial charge in [-0.2, -0.15) is 0 Å². The van der Waals surface area contributed by atoms with Gasteiger partial charge in [-0.25, -0.2) is 9.59 Å². The van der Waals surface area contributed by atoms with E-state index < -0.39 is 24.0 Å². The number of ether oxygens (including phenoxy) is 1. The quantitative estimate of drug-likeness (QED) is 0.278. The standard InChI is InChI=1S/C28H27N3O5/c1-2-19-11-6-7-12-20(19)21-13-8-14-23-22(21)15-24(30-23)26(32)29-16-25(27(33)34)31-28(35)36-17-18-9-4-3-5-10-18/h3-15,25,30H,2,16-17H2,1H3,(H,29,32)(H,31,35)(H,33,34). The summed E-state index contributed by atoms with van der Waals surface area (Å²) in [5.74, 6) is -1.77. The third-order valence-electron chi connectivity index (χ3n) is 5.87. The second-order valence-corrected chi connectivity index (χ2v) is 8.27. The van der Waals surface area contributed by atoms with Crippen molar-refractivity contribution in [2.45, 2.75) is 26.0 Å². The van der Waals surface area contributed by atoms with Gasteiger partial charge in [0.25, 0.3) is 5.91 Å². The molecule has 0 radical (unpaired) electrons. The molecule has 0 saturated heterocycles. The van der Waals surface area contributed by atoms with E-state index in [0.29, 0.717) is 5.69 Å². The lowest BCUT2D eigenvalue weighted by atomic mass is 9.95. The number of H-pyrrole nitrogens is 1. The molecule has 3 aromatic carbocycles. The van der Waals surface area contributed by atoms with E-state index in [1.54, 1.807) is 18.2 Å². The lowest BCUT2D eigenvalue weighted by molar-refractivity contribution is -0.139. The summed E-state index contributed by atoms with van der Waals surface area (Å²) in [6.07, 6.45) is -0.00727. The van der Waals surface area contributed by atoms with Crippen molar-refractivity contribution < 1.29 is 24.2 Å². The summed E-state index contributed by atoms with van der Waals surface area (Å²) >= 11 is 0. The molecule has 8 heteroatoms. The minimum Gasteiger partial charge on any atom is -0.480 e. The smallest absolute Gasteiger partial charge is 0.408 e. The molecule has 0 aliphatic rings. The van der Waals surface area contributed by atoms with Crippen LogP contribution in [0.25, 0.3) is 22.0 Å². The average Bonchev–Trinajstić information content (AvgIpc) is 3.35. The fourth-order valence-electron chi connectivity index (χ4n) is 4.00. The van der Waals surface area contributed by atoms with E-state index in [4.69, 9.17) is 4.74 Å². The molecule has 36 heavy (non-hydrogen) atoms. The van der Waals surface area contributed by atoms with Crippen molar-refractivity contribution in [3.8, 4) is 11.1 Å². The molecule has 4 rings (SSSR count). The molecule has 1 atom stereocenters. The molecule has 4 N–H and O–H groups in total. The average molecular weight is 486 g/mol. The van der Waals surface area contributed by atoms with Gasteiger partial charge >= 0.3 is 12.1 Å². The van der Waals surface area contributed by atoms with Crippen molar-refractivity contribution in [1.82, 2.24) is 15.6 Å². The molecule has 1 aromatic heterocycles. The first kappa shape index (κ1) is 24.5. The zero-order valence-corrected chi connectivity index (χ0v) is 19.8. The van der Waals surface area contributed by atoms with Gasteiger partial charge in [-0.3, -0.25) is 4.79 Å². The number of aliphatic carboxylic acids is 1. The number of benzene rings is 3. The van der Waals surface area contributed by atoms with E-state index in [0.717, 1.165) is 34.0 Å². The molecular weight excluding hydrogens is 458 g/mol. The second kappa shape index (κ2) is 11.2. The number of amides is 2. The highest BCUT2D eigenvalue weighted by Gasteiger charge is 2.22. The summed E-state index contributed by atoms with van der Waals surface area (Å²) in [5, 5.41) is 15.2. The highest BCUT2D eigenvalue weighted by Crippen LogP contribution is 2.31. The third kappa shape index (κ3) is 5.72. The Labute approximate surface area is 208 Å². The van der Waals surface area contributed by atoms with Gasteiger partial charge in [0.2, 0.25) is 0 Å². The van der Waals surface area contributed by atoms with Crippen molar-refractivity contribution >= 4 is 28.9 Å². The Balaban J connectivity index is 1.43. The predicted octanol–water partition coefficient (Wildman–Crippen LogP) is 4.51. The number of carboxylic acid groups (broad SMARTS) is 1. The van der Waals surface area contributed by atoms with Gasteiger partial charge in [0.05, 0.1) is 0 Å². The van der Waals surface area contributed by atoms with Crippen molar-refractivity contribution in [2.24, 2.45) is 0 Å². The molecule has 0 fully saturated rings. The fraction of sp³-hybridized carbons (Fsp3) is 0.179. The Morgan fingerprint density at radius 1 is 0.944 bits per heavy atom. The zero-order valence-electron chi connectivity index (χ0n) is 19.8. The number of hydrogen-bond acceptors (Lipinski definition) is 4. The number of carbonyl (C=O) groups excluding carboxylic acids is 2. The van der Waals surface area contributed by atoms with Crippen molar-refractivity contribution in [1.29, 1.82) is 0 Å². The minimum atomic E-state index is -1.35. The van der Waals surface area contributed by atoms with Crippen LogP contribution in [0.4, 0.5) is 4.79 Å². The molecule has 0 bridgehead atoms. The summed E-state index contributed by atoms with van der Waals surface area (Å²) in [6.45, 7) is 1.79. The van der Waals surface area contributed by atoms with E-state index in [1.165, 1.54) is 5.56 Å². The Bertz CT molecular complexity index is 1380. The van der Waals surface area contributed by atoms with E-state index in [2.05, 4.69) is 34.7 Å². The van der Waals surface area contributed by atoms with Crippen LogP contribution in [-0.4, -0.2) is 40.6 Å². The molecule has 2 amide bonds. The number of carboxylic acids is 1. The van der Waals surface area contributed by atoms with Crippen LogP contribution in [0.1, 0.15) is 28.5 Å². The lowest BCUT2D eigenvalue weighted by Gasteiger charge is -2.15. The molecule has 4 aromatic rings. The Morgan fingerprint density at radius 2 is 1.67 bits per heavy atom. The van der Waals surface area contributed by atoms with Gasteiger partial charge in [-0.05, 0) is 40.8 Å². The maximum absolute atomic E-state index is 12.8. The number of carbonyl (C=O) groups is 3. The molecule has 0 saturated carbocycles. The number of rotatable bonds is 9. The Hall–Kier alpha value is -4.59. The van der Waals surface area contributed by atoms with Crippen LogP contribution in [0.2, 0.25) is 0 Å². The third-order valence-corrected chi connectivity index (χ3v) is 5.87. The van der Waals surface area contributed by atoms with Gasteiger partial charge in [-0.15, -0.1) is 0 Å². The Morgan fingerprint density at radius 3 is 2.42 bits per heavy atom. The SMILES string of the molecule is CCc1ccccc1-c1cccc2[nH]c(C(=O)NCC(NC(=O)OCc3ccccc3)C(=O)O)cc12. The van der Waals surface area contributed by atoms with Crippen molar-refractivity contribution in [2.75, 3.05) is 6.54 Å². The first-order valence-corrected chi connectivity index (χ1v) is 11.6. The number of alkyl carbamates (subject to hydrolysis) is 1. The second-order valence-electron chi connectivity index (χ2n) is 8.27. The maximum Gasteiger partial charge on any atom is 0.408 e. The van der Waals surface area contributed by atoms with Gasteiger partial charge in [0, 0.05) is 17.4 Å². The summed E-state index contributed by atoms with van der Waals surface area (Å²) in [6, 6.07) is 23.4. The summed E-state index contributed by atoms with van der Waals surface area (Å²) in [5.41, 5.74) is 5.16. The van der Waals surface area contributed by atoms with Crippen LogP contribution in [0, 0.1) is 0 Å². The van der Waals surface area contributed by atoms with Gasteiger partial charge in [0.15, 0.2) is 0 Å². The first-order valence-electron chi connectivity index (χ1n) is 11.6. The number of nitrogens with one attached hydrogen (secondary N) is 3. The van der Waals surface area contributed by atoms with Crippen LogP contribution in [0.3, 0.4) is 0 Å². The monoisotopic (exact) mass is 485 g/mol. The molecular formula is C28H27N3O5. The molecule has 0 spiro atoms. The molecule has 8 nitrogen and oxygen atoms in total. The van der Waals surface area contributed by atoms with Crippen molar-refractivity contribution in [3.05, 3.63) is 95.7 Å². The van der Waals surface area contributed by atoms with Gasteiger partial charge in [0.1, 0.15) is 18.3 Å². The maximum atomic E-state index is 12.8. The molecule has 1 unspecified atom stereocenters. The number of aryl methyl sites for hydroxylation is 1. The normalized spacial score (nSPS) is 11.6. The minimum absolute atomic E-state index is 0.00390. The number of fused-ring (bicyclic) bond motifs is 1. The zero-order chi connectivity index (χ0) is 25.5. The van der Waals surface area contributed by atoms with E-state index in [1.807, 2.05) is 48.5 Å². The van der Waals surface area contributed by atoms with Crippen LogP contribution >= 0.6 is 0 Å². The van der Waals surface area contributed by atoms with Crippen LogP contribution < -0.4 is 10.6 Å².